The average Bonchev–Trinajstić information content (AvgIpc) is 2.25. The van der Waals surface area contributed by atoms with Crippen molar-refractivity contribution < 1.29 is 0 Å². The standard InChI is InChI=1S/C10H10N2S4/c13-8(14)6-11-12-9(10(15)16)7-4-2-1-3-5-7/h1-5,9H,6H2,(H,13,14)(H,15,16). The van der Waals surface area contributed by atoms with Gasteiger partial charge in [0.2, 0.25) is 0 Å². The Morgan fingerprint density at radius 2 is 1.81 bits per heavy atom. The molecule has 0 fully saturated rings. The van der Waals surface area contributed by atoms with Crippen molar-refractivity contribution in [3.05, 3.63) is 35.9 Å². The first-order valence-electron chi connectivity index (χ1n) is 4.47. The molecule has 0 aliphatic carbocycles. The Morgan fingerprint density at radius 1 is 1.19 bits per heavy atom. The molecule has 0 saturated heterocycles. The first-order chi connectivity index (χ1) is 7.61. The molecule has 0 spiro atoms. The van der Waals surface area contributed by atoms with Gasteiger partial charge in [-0.15, -0.1) is 25.3 Å². The molecule has 16 heavy (non-hydrogen) atoms. The summed E-state index contributed by atoms with van der Waals surface area (Å²) < 4.78 is 0.987. The molecule has 1 aromatic rings. The van der Waals surface area contributed by atoms with Gasteiger partial charge in [-0.3, -0.25) is 0 Å². The topological polar surface area (TPSA) is 24.7 Å². The Balaban J connectivity index is 2.81. The number of benzene rings is 1. The van der Waals surface area contributed by atoms with Gasteiger partial charge in [0.1, 0.15) is 12.6 Å². The van der Waals surface area contributed by atoms with Gasteiger partial charge >= 0.3 is 0 Å². The fraction of sp³-hybridized carbons (Fsp3) is 0.200. The molecule has 1 atom stereocenters. The smallest absolute Gasteiger partial charge is 0.136 e. The predicted molar refractivity (Wildman–Crippen MR) is 82.1 cm³/mol. The van der Waals surface area contributed by atoms with Gasteiger partial charge in [0.25, 0.3) is 0 Å². The van der Waals surface area contributed by atoms with Crippen molar-refractivity contribution in [1.29, 1.82) is 0 Å². The third kappa shape index (κ3) is 4.69. The largest absolute Gasteiger partial charge is 0.187 e. The van der Waals surface area contributed by atoms with Crippen LogP contribution in [0.4, 0.5) is 0 Å². The SMILES string of the molecule is S=C(S)CN=NC(C(=S)S)c1ccccc1. The average molecular weight is 286 g/mol. The lowest BCUT2D eigenvalue weighted by atomic mass is 10.1. The summed E-state index contributed by atoms with van der Waals surface area (Å²) >= 11 is 17.9. The number of hydrogen-bond acceptors (Lipinski definition) is 4. The second kappa shape index (κ2) is 7.11. The summed E-state index contributed by atoms with van der Waals surface area (Å²) in [5, 5.41) is 8.04. The van der Waals surface area contributed by atoms with Gasteiger partial charge < -0.3 is 0 Å². The van der Waals surface area contributed by atoms with E-state index >= 15 is 0 Å². The lowest BCUT2D eigenvalue weighted by Gasteiger charge is -2.08. The quantitative estimate of drug-likeness (QED) is 0.490. The summed E-state index contributed by atoms with van der Waals surface area (Å²) in [6.45, 7) is 0.318. The van der Waals surface area contributed by atoms with Crippen molar-refractivity contribution in [2.75, 3.05) is 6.54 Å². The zero-order valence-electron chi connectivity index (χ0n) is 8.28. The van der Waals surface area contributed by atoms with Crippen LogP contribution in [-0.4, -0.2) is 14.9 Å². The Morgan fingerprint density at radius 3 is 2.31 bits per heavy atom. The van der Waals surface area contributed by atoms with E-state index in [2.05, 4.69) is 35.5 Å². The number of azo groups is 1. The lowest BCUT2D eigenvalue weighted by Crippen LogP contribution is -2.02. The Bertz CT molecular complexity index is 403. The van der Waals surface area contributed by atoms with Crippen LogP contribution in [0.25, 0.3) is 0 Å². The minimum absolute atomic E-state index is 0.304. The third-order valence-electron chi connectivity index (χ3n) is 1.75. The molecule has 1 unspecified atom stereocenters. The van der Waals surface area contributed by atoms with Gasteiger partial charge in [-0.2, -0.15) is 10.2 Å². The van der Waals surface area contributed by atoms with Gasteiger partial charge in [0.05, 0.1) is 8.39 Å². The van der Waals surface area contributed by atoms with Gasteiger partial charge in [-0.25, -0.2) is 0 Å². The highest BCUT2D eigenvalue weighted by atomic mass is 32.1. The van der Waals surface area contributed by atoms with E-state index in [-0.39, 0.29) is 6.04 Å². The zero-order chi connectivity index (χ0) is 12.0. The van der Waals surface area contributed by atoms with Crippen LogP contribution in [0.2, 0.25) is 0 Å². The van der Waals surface area contributed by atoms with Crippen molar-refractivity contribution in [3.63, 3.8) is 0 Å². The van der Waals surface area contributed by atoms with Crippen molar-refractivity contribution in [2.45, 2.75) is 6.04 Å². The highest BCUT2D eigenvalue weighted by Crippen LogP contribution is 2.21. The molecule has 0 bridgehead atoms. The molecule has 0 aliphatic heterocycles. The molecule has 0 amide bonds. The van der Waals surface area contributed by atoms with Crippen LogP contribution >= 0.6 is 49.7 Å². The molecule has 84 valence electrons. The highest BCUT2D eigenvalue weighted by molar-refractivity contribution is 8.11. The molecule has 6 heteroatoms. The van der Waals surface area contributed by atoms with E-state index in [1.54, 1.807) is 0 Å². The van der Waals surface area contributed by atoms with Crippen LogP contribution in [0.3, 0.4) is 0 Å². The molecule has 0 saturated carbocycles. The second-order valence-corrected chi connectivity index (χ2v) is 5.52. The maximum absolute atomic E-state index is 5.04. The van der Waals surface area contributed by atoms with Gasteiger partial charge in [0.15, 0.2) is 0 Å². The molecule has 1 rings (SSSR count). The fourth-order valence-corrected chi connectivity index (χ4v) is 1.58. The molecule has 1 aromatic carbocycles. The normalized spacial score (nSPS) is 12.6. The molecule has 0 aliphatic rings. The number of rotatable bonds is 5. The molecule has 0 radical (unpaired) electrons. The van der Waals surface area contributed by atoms with E-state index in [4.69, 9.17) is 24.4 Å². The van der Waals surface area contributed by atoms with Crippen LogP contribution in [0.15, 0.2) is 40.6 Å². The number of thiocarbonyl (C=S) groups is 2. The van der Waals surface area contributed by atoms with E-state index in [0.29, 0.717) is 14.9 Å². The third-order valence-corrected chi connectivity index (χ3v) is 2.49. The van der Waals surface area contributed by atoms with Crippen LogP contribution in [0.1, 0.15) is 11.6 Å². The summed E-state index contributed by atoms with van der Waals surface area (Å²) in [7, 11) is 0. The molecule has 0 heterocycles. The highest BCUT2D eigenvalue weighted by Gasteiger charge is 2.12. The lowest BCUT2D eigenvalue weighted by molar-refractivity contribution is 0.867. The van der Waals surface area contributed by atoms with E-state index < -0.39 is 0 Å². The van der Waals surface area contributed by atoms with Crippen molar-refractivity contribution in [2.24, 2.45) is 10.2 Å². The Labute approximate surface area is 116 Å². The van der Waals surface area contributed by atoms with Gasteiger partial charge in [-0.1, -0.05) is 54.8 Å². The fourth-order valence-electron chi connectivity index (χ4n) is 1.08. The van der Waals surface area contributed by atoms with Crippen LogP contribution in [0, 0.1) is 0 Å². The van der Waals surface area contributed by atoms with E-state index in [0.717, 1.165) is 5.56 Å². The monoisotopic (exact) mass is 286 g/mol. The second-order valence-electron chi connectivity index (χ2n) is 2.96. The minimum Gasteiger partial charge on any atom is -0.187 e. The summed E-state index contributed by atoms with van der Waals surface area (Å²) in [5.74, 6) is 0. The van der Waals surface area contributed by atoms with Crippen molar-refractivity contribution in [3.8, 4) is 0 Å². The summed E-state index contributed by atoms with van der Waals surface area (Å²) in [4.78, 5) is 0. The van der Waals surface area contributed by atoms with Gasteiger partial charge in [-0.05, 0) is 5.56 Å². The molecule has 0 aromatic heterocycles. The first kappa shape index (κ1) is 13.8. The number of thiol groups is 2. The summed E-state index contributed by atoms with van der Waals surface area (Å²) in [5.41, 5.74) is 0.969. The molecule has 0 N–H and O–H groups in total. The molecular weight excluding hydrogens is 276 g/mol. The summed E-state index contributed by atoms with van der Waals surface area (Å²) in [6, 6.07) is 9.35. The van der Waals surface area contributed by atoms with Crippen molar-refractivity contribution in [1.82, 2.24) is 0 Å². The Kier molecular flexibility index (Phi) is 6.12. The van der Waals surface area contributed by atoms with Crippen LogP contribution in [-0.2, 0) is 0 Å². The first-order valence-corrected chi connectivity index (χ1v) is 6.18. The molecular formula is C10H10N2S4. The molecule has 2 nitrogen and oxygen atoms in total. The maximum Gasteiger partial charge on any atom is 0.136 e. The minimum atomic E-state index is -0.304. The van der Waals surface area contributed by atoms with E-state index in [1.165, 1.54) is 0 Å². The zero-order valence-corrected chi connectivity index (χ0v) is 11.7. The predicted octanol–water partition coefficient (Wildman–Crippen LogP) is 3.69. The van der Waals surface area contributed by atoms with E-state index in [9.17, 15) is 0 Å². The van der Waals surface area contributed by atoms with Crippen LogP contribution < -0.4 is 0 Å². The maximum atomic E-state index is 5.04. The Hall–Kier alpha value is -0.300. The van der Waals surface area contributed by atoms with Crippen molar-refractivity contribution >= 4 is 58.1 Å². The van der Waals surface area contributed by atoms with Crippen LogP contribution in [0.5, 0.6) is 0 Å². The van der Waals surface area contributed by atoms with Gasteiger partial charge in [0, 0.05) is 0 Å². The number of nitrogens with zero attached hydrogens (tertiary/aromatic N) is 2. The van der Waals surface area contributed by atoms with E-state index in [1.807, 2.05) is 30.3 Å². The summed E-state index contributed by atoms with van der Waals surface area (Å²) in [6.07, 6.45) is 0. The number of hydrogen-bond donors (Lipinski definition) is 2.